The van der Waals surface area contributed by atoms with Crippen LogP contribution >= 0.6 is 0 Å². The summed E-state index contributed by atoms with van der Waals surface area (Å²) in [6.45, 7) is -0.225. The number of amides is 2. The van der Waals surface area contributed by atoms with Gasteiger partial charge in [-0.05, 0) is 30.2 Å². The Morgan fingerprint density at radius 1 is 1.26 bits per heavy atom. The summed E-state index contributed by atoms with van der Waals surface area (Å²) >= 11 is 0. The maximum Gasteiger partial charge on any atom is 0.319 e. The van der Waals surface area contributed by atoms with E-state index in [0.717, 1.165) is 17.7 Å². The number of benzene rings is 2. The molecular weight excluding hydrogens is 297 g/mol. The molecule has 118 valence electrons. The van der Waals surface area contributed by atoms with Crippen molar-refractivity contribution in [3.05, 3.63) is 65.5 Å². The van der Waals surface area contributed by atoms with Gasteiger partial charge in [0.2, 0.25) is 0 Å². The lowest BCUT2D eigenvalue weighted by molar-refractivity contribution is 0.224. The lowest BCUT2D eigenvalue weighted by Crippen LogP contribution is -2.41. The van der Waals surface area contributed by atoms with Gasteiger partial charge in [-0.15, -0.1) is 0 Å². The van der Waals surface area contributed by atoms with E-state index in [2.05, 4.69) is 10.6 Å². The van der Waals surface area contributed by atoms with Crippen molar-refractivity contribution in [1.82, 2.24) is 5.32 Å². The molecule has 0 aromatic heterocycles. The minimum atomic E-state index is -0.567. The predicted octanol–water partition coefficient (Wildman–Crippen LogP) is 2.42. The van der Waals surface area contributed by atoms with Gasteiger partial charge in [0.05, 0.1) is 23.9 Å². The first kappa shape index (κ1) is 16.5. The monoisotopic (exact) mass is 313 g/mol. The summed E-state index contributed by atoms with van der Waals surface area (Å²) in [7, 11) is 0. The lowest BCUT2D eigenvalue weighted by atomic mass is 10.1. The molecule has 0 heterocycles. The van der Waals surface area contributed by atoms with Gasteiger partial charge in [0, 0.05) is 0 Å². The predicted molar refractivity (Wildman–Crippen MR) is 84.3 cm³/mol. The summed E-state index contributed by atoms with van der Waals surface area (Å²) < 4.78 is 13.1. The van der Waals surface area contributed by atoms with Crippen LogP contribution in [0.3, 0.4) is 0 Å². The first-order chi connectivity index (χ1) is 11.1. The number of anilines is 1. The van der Waals surface area contributed by atoms with E-state index in [1.807, 2.05) is 36.4 Å². The van der Waals surface area contributed by atoms with E-state index < -0.39 is 17.9 Å². The Morgan fingerprint density at radius 2 is 2.00 bits per heavy atom. The molecule has 0 fully saturated rings. The molecule has 0 saturated carbocycles. The Bertz CT molecular complexity index is 714. The summed E-state index contributed by atoms with van der Waals surface area (Å²) in [4.78, 5) is 12.0. The van der Waals surface area contributed by atoms with Gasteiger partial charge >= 0.3 is 6.03 Å². The fraction of sp³-hybridized carbons (Fsp3) is 0.176. The number of nitriles is 1. The van der Waals surface area contributed by atoms with Gasteiger partial charge in [0.15, 0.2) is 0 Å². The molecule has 0 aliphatic rings. The van der Waals surface area contributed by atoms with E-state index in [1.54, 1.807) is 0 Å². The average Bonchev–Trinajstić information content (AvgIpc) is 2.56. The molecular formula is C17H16FN3O2. The molecule has 0 spiro atoms. The molecule has 0 radical (unpaired) electrons. The zero-order valence-corrected chi connectivity index (χ0v) is 12.3. The third-order valence-electron chi connectivity index (χ3n) is 3.23. The molecule has 23 heavy (non-hydrogen) atoms. The van der Waals surface area contributed by atoms with E-state index in [0.29, 0.717) is 6.42 Å². The van der Waals surface area contributed by atoms with E-state index in [9.17, 15) is 14.3 Å². The molecule has 0 bridgehead atoms. The smallest absolute Gasteiger partial charge is 0.319 e. The average molecular weight is 313 g/mol. The summed E-state index contributed by atoms with van der Waals surface area (Å²) in [6.07, 6.45) is 0.472. The van der Waals surface area contributed by atoms with Crippen LogP contribution in [0.2, 0.25) is 0 Å². The first-order valence-electron chi connectivity index (χ1n) is 7.04. The third-order valence-corrected chi connectivity index (χ3v) is 3.23. The van der Waals surface area contributed by atoms with Crippen LogP contribution in [0.5, 0.6) is 0 Å². The largest absolute Gasteiger partial charge is 0.394 e. The molecule has 2 aromatic rings. The summed E-state index contributed by atoms with van der Waals surface area (Å²) in [5, 5.41) is 23.5. The first-order valence-corrected chi connectivity index (χ1v) is 7.04. The van der Waals surface area contributed by atoms with E-state index in [4.69, 9.17) is 5.26 Å². The van der Waals surface area contributed by atoms with Gasteiger partial charge in [-0.25, -0.2) is 9.18 Å². The van der Waals surface area contributed by atoms with Crippen LogP contribution < -0.4 is 10.6 Å². The molecule has 2 amide bonds. The van der Waals surface area contributed by atoms with Crippen molar-refractivity contribution in [3.63, 3.8) is 0 Å². The minimum Gasteiger partial charge on any atom is -0.394 e. The second-order valence-electron chi connectivity index (χ2n) is 4.97. The van der Waals surface area contributed by atoms with E-state index >= 15 is 0 Å². The van der Waals surface area contributed by atoms with Crippen molar-refractivity contribution in [2.45, 2.75) is 12.5 Å². The number of nitrogens with zero attached hydrogens (tertiary/aromatic N) is 1. The second kappa shape index (κ2) is 7.92. The van der Waals surface area contributed by atoms with Crippen molar-refractivity contribution in [3.8, 4) is 6.07 Å². The number of rotatable bonds is 5. The fourth-order valence-corrected chi connectivity index (χ4v) is 2.12. The number of hydrogen-bond acceptors (Lipinski definition) is 3. The van der Waals surface area contributed by atoms with Crippen LogP contribution in [0, 0.1) is 17.1 Å². The Morgan fingerprint density at radius 3 is 2.65 bits per heavy atom. The number of hydrogen-bond donors (Lipinski definition) is 3. The van der Waals surface area contributed by atoms with Crippen LogP contribution in [0.15, 0.2) is 48.5 Å². The number of carbonyl (C=O) groups excluding carboxylic acids is 1. The van der Waals surface area contributed by atoms with Crippen LogP contribution in [0.25, 0.3) is 0 Å². The second-order valence-corrected chi connectivity index (χ2v) is 4.97. The number of aliphatic hydroxyl groups excluding tert-OH is 1. The minimum absolute atomic E-state index is 0.0313. The molecule has 1 atom stereocenters. The zero-order valence-electron chi connectivity index (χ0n) is 12.3. The quantitative estimate of drug-likeness (QED) is 0.792. The summed E-state index contributed by atoms with van der Waals surface area (Å²) in [5.41, 5.74) is 1.22. The summed E-state index contributed by atoms with van der Waals surface area (Å²) in [6, 6.07) is 13.7. The molecule has 5 nitrogen and oxygen atoms in total. The highest BCUT2D eigenvalue weighted by Gasteiger charge is 2.13. The normalized spacial score (nSPS) is 11.3. The SMILES string of the molecule is N#Cc1cc(F)ccc1NC(=O)N[C@@H](CO)Cc1ccccc1. The number of urea groups is 1. The molecule has 2 aromatic carbocycles. The molecule has 6 heteroatoms. The highest BCUT2D eigenvalue weighted by atomic mass is 19.1. The Kier molecular flexibility index (Phi) is 5.67. The fourth-order valence-electron chi connectivity index (χ4n) is 2.12. The topological polar surface area (TPSA) is 85.2 Å². The Balaban J connectivity index is 1.99. The number of nitrogens with one attached hydrogen (secondary N) is 2. The lowest BCUT2D eigenvalue weighted by Gasteiger charge is -2.17. The molecule has 0 aliphatic carbocycles. The maximum absolute atomic E-state index is 13.1. The molecule has 0 saturated heterocycles. The van der Waals surface area contributed by atoms with Gasteiger partial charge in [-0.1, -0.05) is 30.3 Å². The molecule has 0 aliphatic heterocycles. The van der Waals surface area contributed by atoms with Crippen LogP contribution in [0.4, 0.5) is 14.9 Å². The van der Waals surface area contributed by atoms with Crippen LogP contribution in [-0.2, 0) is 6.42 Å². The van der Waals surface area contributed by atoms with Crippen molar-refractivity contribution in [2.24, 2.45) is 0 Å². The number of aliphatic hydroxyl groups is 1. The Hall–Kier alpha value is -2.91. The van der Waals surface area contributed by atoms with Gasteiger partial charge in [0.1, 0.15) is 11.9 Å². The Labute approximate surface area is 133 Å². The molecule has 2 rings (SSSR count). The maximum atomic E-state index is 13.1. The van der Waals surface area contributed by atoms with E-state index in [-0.39, 0.29) is 17.9 Å². The van der Waals surface area contributed by atoms with Crippen molar-refractivity contribution >= 4 is 11.7 Å². The van der Waals surface area contributed by atoms with Crippen molar-refractivity contribution in [1.29, 1.82) is 5.26 Å². The van der Waals surface area contributed by atoms with Gasteiger partial charge in [-0.2, -0.15) is 5.26 Å². The van der Waals surface area contributed by atoms with Crippen LogP contribution in [0.1, 0.15) is 11.1 Å². The zero-order chi connectivity index (χ0) is 16.7. The molecule has 0 unspecified atom stereocenters. The van der Waals surface area contributed by atoms with Gasteiger partial charge in [-0.3, -0.25) is 0 Å². The van der Waals surface area contributed by atoms with Crippen LogP contribution in [-0.4, -0.2) is 23.8 Å². The number of carbonyl (C=O) groups is 1. The highest BCUT2D eigenvalue weighted by molar-refractivity contribution is 5.90. The van der Waals surface area contributed by atoms with Crippen molar-refractivity contribution < 1.29 is 14.3 Å². The van der Waals surface area contributed by atoms with Gasteiger partial charge < -0.3 is 15.7 Å². The third kappa shape index (κ3) is 4.80. The standard InChI is InChI=1S/C17H16FN3O2/c18-14-6-7-16(13(9-14)10-19)21-17(23)20-15(11-22)8-12-4-2-1-3-5-12/h1-7,9,15,22H,8,11H2,(H2,20,21,23)/t15-/m1/s1. The number of halogens is 1. The highest BCUT2D eigenvalue weighted by Crippen LogP contribution is 2.15. The van der Waals surface area contributed by atoms with E-state index in [1.165, 1.54) is 6.07 Å². The van der Waals surface area contributed by atoms with Crippen molar-refractivity contribution in [2.75, 3.05) is 11.9 Å². The summed E-state index contributed by atoms with van der Waals surface area (Å²) in [5.74, 6) is -0.551. The molecule has 3 N–H and O–H groups in total. The van der Waals surface area contributed by atoms with Gasteiger partial charge in [0.25, 0.3) is 0 Å².